The summed E-state index contributed by atoms with van der Waals surface area (Å²) in [4.78, 5) is 24.0. The molecule has 2 atom stereocenters. The summed E-state index contributed by atoms with van der Waals surface area (Å²) < 4.78 is 36.9. The number of anilines is 1. The third-order valence-corrected chi connectivity index (χ3v) is 3.54. The average molecular weight is 384 g/mol. The third-order valence-electron chi connectivity index (χ3n) is 3.31. The number of halogens is 3. The van der Waals surface area contributed by atoms with Crippen LogP contribution in [0.1, 0.15) is 13.8 Å². The summed E-state index contributed by atoms with van der Waals surface area (Å²) in [5, 5.41) is 2.49. The summed E-state index contributed by atoms with van der Waals surface area (Å²) in [7, 11) is 0. The molecule has 0 aromatic heterocycles. The molecule has 8 heteroatoms. The molecular formula is C18H16ClF2NO4. The molecule has 0 radical (unpaired) electrons. The van der Waals surface area contributed by atoms with Crippen LogP contribution in [-0.4, -0.2) is 24.1 Å². The Labute approximate surface area is 153 Å². The molecule has 2 rings (SSSR count). The Bertz CT molecular complexity index is 798. The van der Waals surface area contributed by atoms with Crippen molar-refractivity contribution < 1.29 is 27.8 Å². The molecule has 26 heavy (non-hydrogen) atoms. The molecule has 2 aromatic carbocycles. The van der Waals surface area contributed by atoms with Gasteiger partial charge < -0.3 is 14.8 Å². The van der Waals surface area contributed by atoms with Crippen molar-refractivity contribution in [2.24, 2.45) is 0 Å². The predicted octanol–water partition coefficient (Wildman–Crippen LogP) is 3.96. The molecule has 1 N–H and O–H groups in total. The van der Waals surface area contributed by atoms with Gasteiger partial charge in [0.1, 0.15) is 17.4 Å². The Morgan fingerprint density at radius 2 is 1.69 bits per heavy atom. The molecule has 0 saturated heterocycles. The van der Waals surface area contributed by atoms with E-state index in [1.165, 1.54) is 50.2 Å². The van der Waals surface area contributed by atoms with E-state index in [2.05, 4.69) is 5.32 Å². The van der Waals surface area contributed by atoms with Crippen molar-refractivity contribution in [3.05, 3.63) is 59.1 Å². The van der Waals surface area contributed by atoms with Gasteiger partial charge in [0.15, 0.2) is 12.2 Å². The van der Waals surface area contributed by atoms with E-state index in [1.54, 1.807) is 0 Å². The Kier molecular flexibility index (Phi) is 6.52. The molecular weight excluding hydrogens is 368 g/mol. The van der Waals surface area contributed by atoms with E-state index in [4.69, 9.17) is 21.1 Å². The molecule has 0 aliphatic heterocycles. The molecule has 0 aliphatic rings. The number of esters is 1. The lowest BCUT2D eigenvalue weighted by atomic mass is 10.3. The van der Waals surface area contributed by atoms with E-state index in [0.717, 1.165) is 6.07 Å². The van der Waals surface area contributed by atoms with Gasteiger partial charge in [-0.05, 0) is 56.3 Å². The van der Waals surface area contributed by atoms with Crippen molar-refractivity contribution in [3.63, 3.8) is 0 Å². The average Bonchev–Trinajstić information content (AvgIpc) is 2.59. The number of benzene rings is 2. The van der Waals surface area contributed by atoms with E-state index in [-0.39, 0.29) is 16.5 Å². The smallest absolute Gasteiger partial charge is 0.347 e. The molecule has 2 aromatic rings. The zero-order chi connectivity index (χ0) is 19.3. The Balaban J connectivity index is 1.90. The number of hydrogen-bond acceptors (Lipinski definition) is 4. The first kappa shape index (κ1) is 19.7. The van der Waals surface area contributed by atoms with Crippen LogP contribution in [0.4, 0.5) is 14.5 Å². The van der Waals surface area contributed by atoms with Crippen LogP contribution < -0.4 is 10.1 Å². The molecule has 0 heterocycles. The quantitative estimate of drug-likeness (QED) is 0.767. The summed E-state index contributed by atoms with van der Waals surface area (Å²) in [6.45, 7) is 2.76. The number of ether oxygens (including phenoxy) is 2. The maximum Gasteiger partial charge on any atom is 0.347 e. The van der Waals surface area contributed by atoms with Crippen molar-refractivity contribution >= 4 is 29.2 Å². The second-order valence-corrected chi connectivity index (χ2v) is 5.84. The summed E-state index contributed by atoms with van der Waals surface area (Å²) >= 11 is 5.64. The van der Waals surface area contributed by atoms with Gasteiger partial charge in [-0.1, -0.05) is 11.6 Å². The van der Waals surface area contributed by atoms with Crippen LogP contribution in [0.25, 0.3) is 0 Å². The Hall–Kier alpha value is -2.67. The van der Waals surface area contributed by atoms with Crippen molar-refractivity contribution in [1.29, 1.82) is 0 Å². The minimum absolute atomic E-state index is 0.0853. The minimum Gasteiger partial charge on any atom is -0.479 e. The van der Waals surface area contributed by atoms with Gasteiger partial charge in [0.2, 0.25) is 0 Å². The largest absolute Gasteiger partial charge is 0.479 e. The van der Waals surface area contributed by atoms with Crippen molar-refractivity contribution in [2.75, 3.05) is 5.32 Å². The topological polar surface area (TPSA) is 64.6 Å². The van der Waals surface area contributed by atoms with E-state index in [1.807, 2.05) is 0 Å². The molecule has 0 bridgehead atoms. The zero-order valence-electron chi connectivity index (χ0n) is 14.0. The Morgan fingerprint density at radius 1 is 1.04 bits per heavy atom. The van der Waals surface area contributed by atoms with E-state index in [9.17, 15) is 18.4 Å². The summed E-state index contributed by atoms with van der Waals surface area (Å²) in [6.07, 6.45) is -2.21. The van der Waals surface area contributed by atoms with Gasteiger partial charge in [0, 0.05) is 5.02 Å². The normalized spacial score (nSPS) is 12.8. The van der Waals surface area contributed by atoms with Crippen LogP contribution in [0.3, 0.4) is 0 Å². The number of rotatable bonds is 6. The lowest BCUT2D eigenvalue weighted by Crippen LogP contribution is -2.35. The van der Waals surface area contributed by atoms with Crippen molar-refractivity contribution in [1.82, 2.24) is 0 Å². The predicted molar refractivity (Wildman–Crippen MR) is 92.1 cm³/mol. The van der Waals surface area contributed by atoms with E-state index in [0.29, 0.717) is 0 Å². The van der Waals surface area contributed by atoms with Gasteiger partial charge in [-0.25, -0.2) is 13.6 Å². The highest BCUT2D eigenvalue weighted by Gasteiger charge is 2.24. The molecule has 0 unspecified atom stereocenters. The first-order chi connectivity index (χ1) is 12.3. The van der Waals surface area contributed by atoms with Gasteiger partial charge in [-0.15, -0.1) is 0 Å². The third kappa shape index (κ3) is 5.42. The van der Waals surface area contributed by atoms with Crippen LogP contribution in [-0.2, 0) is 14.3 Å². The Morgan fingerprint density at radius 3 is 2.31 bits per heavy atom. The highest BCUT2D eigenvalue weighted by molar-refractivity contribution is 6.30. The first-order valence-electron chi connectivity index (χ1n) is 7.65. The number of nitrogens with one attached hydrogen (secondary N) is 1. The summed E-state index contributed by atoms with van der Waals surface area (Å²) in [6, 6.07) is 8.84. The number of carbonyl (C=O) groups excluding carboxylic acids is 2. The molecule has 0 saturated carbocycles. The molecule has 5 nitrogen and oxygen atoms in total. The highest BCUT2D eigenvalue weighted by atomic mass is 35.5. The van der Waals surface area contributed by atoms with Crippen LogP contribution in [0.2, 0.25) is 5.02 Å². The van der Waals surface area contributed by atoms with Crippen LogP contribution >= 0.6 is 11.6 Å². The monoisotopic (exact) mass is 383 g/mol. The zero-order valence-corrected chi connectivity index (χ0v) is 14.7. The lowest BCUT2D eigenvalue weighted by Gasteiger charge is -2.18. The molecule has 0 aliphatic carbocycles. The first-order valence-corrected chi connectivity index (χ1v) is 8.02. The molecule has 0 spiro atoms. The molecule has 0 fully saturated rings. The SMILES string of the molecule is C[C@H](Oc1ccc(F)cc1)C(=O)O[C@H](C)C(=O)Nc1ccc(Cl)cc1F. The number of amides is 1. The van der Waals surface area contributed by atoms with E-state index >= 15 is 0 Å². The summed E-state index contributed by atoms with van der Waals surface area (Å²) in [5.41, 5.74) is -0.0853. The van der Waals surface area contributed by atoms with Crippen molar-refractivity contribution in [3.8, 4) is 5.75 Å². The van der Waals surface area contributed by atoms with Crippen LogP contribution in [0, 0.1) is 11.6 Å². The maximum absolute atomic E-state index is 13.7. The van der Waals surface area contributed by atoms with Crippen LogP contribution in [0.5, 0.6) is 5.75 Å². The summed E-state index contributed by atoms with van der Waals surface area (Å²) in [5.74, 6) is -2.39. The van der Waals surface area contributed by atoms with Gasteiger partial charge in [-0.3, -0.25) is 4.79 Å². The highest BCUT2D eigenvalue weighted by Crippen LogP contribution is 2.19. The second-order valence-electron chi connectivity index (χ2n) is 5.41. The maximum atomic E-state index is 13.7. The lowest BCUT2D eigenvalue weighted by molar-refractivity contribution is -0.159. The molecule has 138 valence electrons. The van der Waals surface area contributed by atoms with Gasteiger partial charge in [0.25, 0.3) is 5.91 Å². The fraction of sp³-hybridized carbons (Fsp3) is 0.222. The number of carbonyl (C=O) groups is 2. The van der Waals surface area contributed by atoms with Crippen LogP contribution in [0.15, 0.2) is 42.5 Å². The molecule has 1 amide bonds. The van der Waals surface area contributed by atoms with Gasteiger partial charge in [0.05, 0.1) is 5.69 Å². The second kappa shape index (κ2) is 8.62. The van der Waals surface area contributed by atoms with E-state index < -0.39 is 35.7 Å². The number of hydrogen-bond donors (Lipinski definition) is 1. The van der Waals surface area contributed by atoms with Gasteiger partial charge in [-0.2, -0.15) is 0 Å². The van der Waals surface area contributed by atoms with Gasteiger partial charge >= 0.3 is 5.97 Å². The minimum atomic E-state index is -1.18. The fourth-order valence-corrected chi connectivity index (χ4v) is 2.07. The standard InChI is InChI=1S/C18H16ClF2NO4/c1-10(17(23)22-16-8-3-12(19)9-15(16)21)26-18(24)11(2)25-14-6-4-13(20)5-7-14/h3-11H,1-2H3,(H,22,23)/t10-,11+/m1/s1. The fourth-order valence-electron chi connectivity index (χ4n) is 1.91. The van der Waals surface area contributed by atoms with Crippen molar-refractivity contribution in [2.45, 2.75) is 26.1 Å².